The molecule has 0 atom stereocenters. The number of hydroxylamine groups is 1. The molecule has 0 fully saturated rings. The molecule has 1 rings (SSSR count). The molecule has 86 valence electrons. The van der Waals surface area contributed by atoms with Crippen molar-refractivity contribution < 1.29 is 14.6 Å². The van der Waals surface area contributed by atoms with Crippen LogP contribution in [0.1, 0.15) is 24.2 Å². The molecule has 0 aliphatic rings. The van der Waals surface area contributed by atoms with Gasteiger partial charge < -0.3 is 0 Å². The summed E-state index contributed by atoms with van der Waals surface area (Å²) in [7, 11) is 0. The van der Waals surface area contributed by atoms with E-state index in [1.54, 1.807) is 13.8 Å². The molecule has 6 heteroatoms. The smallest absolute Gasteiger partial charge is 0.271 e. The maximum atomic E-state index is 11.5. The highest BCUT2D eigenvalue weighted by atomic mass is 16.7. The number of nitro groups is 1. The van der Waals surface area contributed by atoms with E-state index in [2.05, 4.69) is 5.48 Å². The van der Waals surface area contributed by atoms with Gasteiger partial charge in [-0.3, -0.25) is 19.7 Å². The van der Waals surface area contributed by atoms with Crippen LogP contribution in [0.15, 0.2) is 24.3 Å². The summed E-state index contributed by atoms with van der Waals surface area (Å²) in [5.74, 6) is -0.502. The van der Waals surface area contributed by atoms with Crippen LogP contribution in [0.3, 0.4) is 0 Å². The van der Waals surface area contributed by atoms with E-state index in [-0.39, 0.29) is 17.4 Å². The number of benzene rings is 1. The molecule has 0 saturated carbocycles. The van der Waals surface area contributed by atoms with Crippen LogP contribution in [0.25, 0.3) is 0 Å². The lowest BCUT2D eigenvalue weighted by Crippen LogP contribution is -2.26. The molecule has 0 saturated heterocycles. The molecule has 16 heavy (non-hydrogen) atoms. The van der Waals surface area contributed by atoms with E-state index in [0.29, 0.717) is 0 Å². The quantitative estimate of drug-likeness (QED) is 0.623. The first kappa shape index (κ1) is 12.1. The number of non-ortho nitro benzene ring substituents is 1. The lowest BCUT2D eigenvalue weighted by atomic mass is 10.2. The number of hydrogen-bond acceptors (Lipinski definition) is 4. The van der Waals surface area contributed by atoms with Gasteiger partial charge in [0.2, 0.25) is 0 Å². The van der Waals surface area contributed by atoms with E-state index in [0.717, 1.165) is 0 Å². The van der Waals surface area contributed by atoms with Crippen molar-refractivity contribution in [1.82, 2.24) is 5.48 Å². The van der Waals surface area contributed by atoms with Gasteiger partial charge in [0.05, 0.1) is 11.0 Å². The molecule has 0 radical (unpaired) electrons. The van der Waals surface area contributed by atoms with Crippen molar-refractivity contribution in [2.45, 2.75) is 20.0 Å². The first-order valence-corrected chi connectivity index (χ1v) is 4.71. The second-order valence-electron chi connectivity index (χ2n) is 3.41. The lowest BCUT2D eigenvalue weighted by Gasteiger charge is -2.07. The highest BCUT2D eigenvalue weighted by Crippen LogP contribution is 2.12. The molecule has 0 aromatic heterocycles. The maximum Gasteiger partial charge on any atom is 0.275 e. The van der Waals surface area contributed by atoms with Gasteiger partial charge in [-0.2, -0.15) is 0 Å². The van der Waals surface area contributed by atoms with Crippen molar-refractivity contribution in [1.29, 1.82) is 0 Å². The summed E-state index contributed by atoms with van der Waals surface area (Å²) >= 11 is 0. The van der Waals surface area contributed by atoms with Gasteiger partial charge in [0.25, 0.3) is 11.6 Å². The molecule has 1 aromatic rings. The van der Waals surface area contributed by atoms with Crippen molar-refractivity contribution in [3.63, 3.8) is 0 Å². The highest BCUT2D eigenvalue weighted by Gasteiger charge is 2.11. The lowest BCUT2D eigenvalue weighted by molar-refractivity contribution is -0.384. The molecule has 1 N–H and O–H groups in total. The second-order valence-corrected chi connectivity index (χ2v) is 3.41. The summed E-state index contributed by atoms with van der Waals surface area (Å²) < 4.78 is 0. The van der Waals surface area contributed by atoms with Gasteiger partial charge in [0.1, 0.15) is 0 Å². The number of nitrogens with zero attached hydrogens (tertiary/aromatic N) is 1. The third kappa shape index (κ3) is 3.32. The number of hydrogen-bond donors (Lipinski definition) is 1. The largest absolute Gasteiger partial charge is 0.275 e. The van der Waals surface area contributed by atoms with E-state index < -0.39 is 10.8 Å². The number of nitrogens with one attached hydrogen (secondary N) is 1. The summed E-state index contributed by atoms with van der Waals surface area (Å²) in [6, 6.07) is 5.44. The second kappa shape index (κ2) is 5.22. The van der Waals surface area contributed by atoms with E-state index in [4.69, 9.17) is 4.84 Å². The van der Waals surface area contributed by atoms with Crippen LogP contribution >= 0.6 is 0 Å². The van der Waals surface area contributed by atoms with Crippen molar-refractivity contribution >= 4 is 11.6 Å². The van der Waals surface area contributed by atoms with E-state index in [1.165, 1.54) is 24.3 Å². The Morgan fingerprint density at radius 2 is 2.19 bits per heavy atom. The molecule has 0 heterocycles. The first-order chi connectivity index (χ1) is 7.50. The number of nitro benzene ring substituents is 1. The zero-order valence-corrected chi connectivity index (χ0v) is 8.97. The van der Waals surface area contributed by atoms with Gasteiger partial charge in [-0.15, -0.1) is 0 Å². The Labute approximate surface area is 92.3 Å². The standard InChI is InChI=1S/C10H12N2O4/c1-7(2)16-11-10(13)8-4-3-5-9(6-8)12(14)15/h3-7H,1-2H3,(H,11,13). The predicted octanol–water partition coefficient (Wildman–Crippen LogP) is 1.66. The van der Waals surface area contributed by atoms with Gasteiger partial charge in [-0.05, 0) is 19.9 Å². The van der Waals surface area contributed by atoms with Crippen LogP contribution in [-0.4, -0.2) is 16.9 Å². The molecular weight excluding hydrogens is 212 g/mol. The fraction of sp³-hybridized carbons (Fsp3) is 0.300. The van der Waals surface area contributed by atoms with Crippen molar-refractivity contribution in [3.05, 3.63) is 39.9 Å². The number of carbonyl (C=O) groups excluding carboxylic acids is 1. The van der Waals surface area contributed by atoms with Crippen molar-refractivity contribution in [2.75, 3.05) is 0 Å². The van der Waals surface area contributed by atoms with Crippen LogP contribution in [0.4, 0.5) is 5.69 Å². The van der Waals surface area contributed by atoms with E-state index in [9.17, 15) is 14.9 Å². The minimum absolute atomic E-state index is 0.128. The molecule has 1 aromatic carbocycles. The number of rotatable bonds is 4. The highest BCUT2D eigenvalue weighted by molar-refractivity contribution is 5.94. The molecule has 0 unspecified atom stereocenters. The first-order valence-electron chi connectivity index (χ1n) is 4.71. The zero-order valence-electron chi connectivity index (χ0n) is 8.97. The normalized spacial score (nSPS) is 10.2. The van der Waals surface area contributed by atoms with Gasteiger partial charge in [-0.1, -0.05) is 6.07 Å². The topological polar surface area (TPSA) is 81.5 Å². The minimum Gasteiger partial charge on any atom is -0.271 e. The monoisotopic (exact) mass is 224 g/mol. The molecule has 6 nitrogen and oxygen atoms in total. The Morgan fingerprint density at radius 3 is 2.75 bits per heavy atom. The molecule has 0 spiro atoms. The third-order valence-corrected chi connectivity index (χ3v) is 1.71. The summed E-state index contributed by atoms with van der Waals surface area (Å²) in [5, 5.41) is 10.5. The summed E-state index contributed by atoms with van der Waals surface area (Å²) in [5.41, 5.74) is 2.27. The number of carbonyl (C=O) groups is 1. The van der Waals surface area contributed by atoms with E-state index in [1.807, 2.05) is 0 Å². The Bertz CT molecular complexity index is 404. The SMILES string of the molecule is CC(C)ONC(=O)c1cccc([N+](=O)[O-])c1. The summed E-state index contributed by atoms with van der Waals surface area (Å²) in [6.07, 6.45) is -0.150. The van der Waals surface area contributed by atoms with Crippen LogP contribution in [0, 0.1) is 10.1 Å². The number of amides is 1. The molecule has 0 aliphatic carbocycles. The maximum absolute atomic E-state index is 11.5. The van der Waals surface area contributed by atoms with Crippen molar-refractivity contribution in [3.8, 4) is 0 Å². The Kier molecular flexibility index (Phi) is 3.96. The Morgan fingerprint density at radius 1 is 1.50 bits per heavy atom. The fourth-order valence-corrected chi connectivity index (χ4v) is 0.991. The molecule has 0 bridgehead atoms. The van der Waals surface area contributed by atoms with Crippen molar-refractivity contribution in [2.24, 2.45) is 0 Å². The Hall–Kier alpha value is -1.95. The Balaban J connectivity index is 2.76. The van der Waals surface area contributed by atoms with Gasteiger partial charge in [0, 0.05) is 17.7 Å². The van der Waals surface area contributed by atoms with Gasteiger partial charge in [0.15, 0.2) is 0 Å². The average molecular weight is 224 g/mol. The van der Waals surface area contributed by atoms with Gasteiger partial charge >= 0.3 is 0 Å². The predicted molar refractivity (Wildman–Crippen MR) is 56.8 cm³/mol. The van der Waals surface area contributed by atoms with Crippen LogP contribution in [0.2, 0.25) is 0 Å². The molecular formula is C10H12N2O4. The van der Waals surface area contributed by atoms with Gasteiger partial charge in [-0.25, -0.2) is 5.48 Å². The van der Waals surface area contributed by atoms with Crippen LogP contribution in [-0.2, 0) is 4.84 Å². The minimum atomic E-state index is -0.555. The van der Waals surface area contributed by atoms with E-state index >= 15 is 0 Å². The molecule has 1 amide bonds. The summed E-state index contributed by atoms with van der Waals surface area (Å²) in [4.78, 5) is 26.3. The fourth-order valence-electron chi connectivity index (χ4n) is 0.991. The zero-order chi connectivity index (χ0) is 12.1. The molecule has 0 aliphatic heterocycles. The third-order valence-electron chi connectivity index (χ3n) is 1.71. The summed E-state index contributed by atoms with van der Waals surface area (Å²) in [6.45, 7) is 3.52. The average Bonchev–Trinajstić information content (AvgIpc) is 2.26. The van der Waals surface area contributed by atoms with Crippen LogP contribution in [0.5, 0.6) is 0 Å². The van der Waals surface area contributed by atoms with Crippen LogP contribution < -0.4 is 5.48 Å².